The summed E-state index contributed by atoms with van der Waals surface area (Å²) in [4.78, 5) is 29.6. The lowest BCUT2D eigenvalue weighted by molar-refractivity contribution is -0.140. The van der Waals surface area contributed by atoms with E-state index >= 15 is 0 Å². The first-order valence-electron chi connectivity index (χ1n) is 14.2. The molecule has 44 heavy (non-hydrogen) atoms. The van der Waals surface area contributed by atoms with Crippen LogP contribution < -0.4 is 9.62 Å². The normalized spacial score (nSPS) is 12.0. The van der Waals surface area contributed by atoms with Crippen LogP contribution in [0.4, 0.5) is 5.69 Å². The topological polar surface area (TPSA) is 86.8 Å². The van der Waals surface area contributed by atoms with E-state index in [9.17, 15) is 18.0 Å². The molecule has 4 rings (SSSR count). The Morgan fingerprint density at radius 2 is 1.36 bits per heavy atom. The molecule has 1 N–H and O–H groups in total. The van der Waals surface area contributed by atoms with Crippen LogP contribution in [0.1, 0.15) is 30.5 Å². The minimum Gasteiger partial charge on any atom is -0.352 e. The van der Waals surface area contributed by atoms with E-state index in [-0.39, 0.29) is 45.5 Å². The van der Waals surface area contributed by atoms with Crippen LogP contribution >= 0.6 is 23.2 Å². The number of sulfonamides is 1. The number of hydrogen-bond donors (Lipinski definition) is 1. The Labute approximate surface area is 269 Å². The molecule has 0 saturated heterocycles. The maximum atomic E-state index is 14.4. The predicted molar refractivity (Wildman–Crippen MR) is 176 cm³/mol. The quantitative estimate of drug-likeness (QED) is 0.186. The molecular formula is C34H35Cl2N3O4S. The first-order valence-corrected chi connectivity index (χ1v) is 16.4. The van der Waals surface area contributed by atoms with Crippen molar-refractivity contribution in [2.75, 3.05) is 10.8 Å². The molecule has 0 aliphatic carbocycles. The van der Waals surface area contributed by atoms with Crippen molar-refractivity contribution in [1.82, 2.24) is 10.2 Å². The van der Waals surface area contributed by atoms with Crippen LogP contribution in [0.25, 0.3) is 0 Å². The highest BCUT2D eigenvalue weighted by molar-refractivity contribution is 7.92. The number of aryl methyl sites for hydroxylation is 1. The standard InChI is InChI=1S/C34H35Cl2N3O4S/c1-24(2)37-34(41)32(18-26-10-6-4-7-11-26)38(22-27-16-14-25(3)15-17-27)33(40)23-39(30-20-28(35)19-29(36)21-30)44(42,43)31-12-8-5-9-13-31/h4-17,19-21,24,32H,18,22-23H2,1-3H3,(H,37,41)/t32-/m1/s1. The summed E-state index contributed by atoms with van der Waals surface area (Å²) in [7, 11) is -4.25. The monoisotopic (exact) mass is 651 g/mol. The van der Waals surface area contributed by atoms with E-state index in [1.165, 1.54) is 35.2 Å². The number of carbonyl (C=O) groups is 2. The molecule has 4 aromatic rings. The Balaban J connectivity index is 1.82. The molecule has 0 unspecified atom stereocenters. The second-order valence-corrected chi connectivity index (χ2v) is 13.6. The van der Waals surface area contributed by atoms with Crippen LogP contribution in [0, 0.1) is 6.92 Å². The van der Waals surface area contributed by atoms with Gasteiger partial charge in [0.1, 0.15) is 12.6 Å². The molecule has 0 aliphatic rings. The van der Waals surface area contributed by atoms with Crippen molar-refractivity contribution in [3.63, 3.8) is 0 Å². The third-order valence-electron chi connectivity index (χ3n) is 6.92. The van der Waals surface area contributed by atoms with Crippen molar-refractivity contribution in [3.05, 3.63) is 130 Å². The van der Waals surface area contributed by atoms with Crippen molar-refractivity contribution in [3.8, 4) is 0 Å². The zero-order chi connectivity index (χ0) is 31.9. The number of rotatable bonds is 12. The van der Waals surface area contributed by atoms with Crippen molar-refractivity contribution < 1.29 is 18.0 Å². The molecule has 0 fully saturated rings. The minimum absolute atomic E-state index is 0.00707. The largest absolute Gasteiger partial charge is 0.352 e. The molecule has 0 heterocycles. The zero-order valence-electron chi connectivity index (χ0n) is 24.8. The smallest absolute Gasteiger partial charge is 0.264 e. The number of nitrogens with one attached hydrogen (secondary N) is 1. The summed E-state index contributed by atoms with van der Waals surface area (Å²) in [5.41, 5.74) is 2.82. The molecule has 0 saturated carbocycles. The summed E-state index contributed by atoms with van der Waals surface area (Å²) < 4.78 is 29.1. The van der Waals surface area contributed by atoms with E-state index in [4.69, 9.17) is 23.2 Å². The lowest BCUT2D eigenvalue weighted by Gasteiger charge is -2.34. The Kier molecular flexibility index (Phi) is 11.1. The van der Waals surface area contributed by atoms with Crippen LogP contribution in [0.5, 0.6) is 0 Å². The van der Waals surface area contributed by atoms with Gasteiger partial charge in [-0.1, -0.05) is 102 Å². The fourth-order valence-electron chi connectivity index (χ4n) is 4.76. The highest BCUT2D eigenvalue weighted by atomic mass is 35.5. The minimum atomic E-state index is -4.25. The lowest BCUT2D eigenvalue weighted by Crippen LogP contribution is -2.54. The molecular weight excluding hydrogens is 617 g/mol. The fraction of sp³-hybridized carbons (Fsp3) is 0.235. The van der Waals surface area contributed by atoms with Gasteiger partial charge in [-0.2, -0.15) is 0 Å². The number of anilines is 1. The number of amides is 2. The molecule has 0 bridgehead atoms. The third-order valence-corrected chi connectivity index (χ3v) is 9.15. The Morgan fingerprint density at radius 1 is 0.795 bits per heavy atom. The first kappa shape index (κ1) is 33.1. The van der Waals surface area contributed by atoms with Gasteiger partial charge in [0.25, 0.3) is 10.0 Å². The van der Waals surface area contributed by atoms with Gasteiger partial charge >= 0.3 is 0 Å². The summed E-state index contributed by atoms with van der Waals surface area (Å²) in [6, 6.07) is 28.1. The number of carbonyl (C=O) groups excluding carboxylic acids is 2. The van der Waals surface area contributed by atoms with Gasteiger partial charge in [-0.15, -0.1) is 0 Å². The number of halogens is 2. The van der Waals surface area contributed by atoms with Crippen molar-refractivity contribution in [2.24, 2.45) is 0 Å². The fourth-order valence-corrected chi connectivity index (χ4v) is 6.69. The molecule has 0 spiro atoms. The van der Waals surface area contributed by atoms with E-state index in [0.717, 1.165) is 21.0 Å². The van der Waals surface area contributed by atoms with Crippen LogP contribution in [0.15, 0.2) is 108 Å². The first-order chi connectivity index (χ1) is 20.9. The van der Waals surface area contributed by atoms with Crippen LogP contribution in [0.2, 0.25) is 10.0 Å². The predicted octanol–water partition coefficient (Wildman–Crippen LogP) is 6.66. The molecule has 0 aliphatic heterocycles. The number of benzene rings is 4. The zero-order valence-corrected chi connectivity index (χ0v) is 27.1. The second kappa shape index (κ2) is 14.8. The highest BCUT2D eigenvalue weighted by Crippen LogP contribution is 2.30. The van der Waals surface area contributed by atoms with Gasteiger partial charge in [0.2, 0.25) is 11.8 Å². The summed E-state index contributed by atoms with van der Waals surface area (Å²) in [5, 5.41) is 3.37. The molecule has 1 atom stereocenters. The molecule has 4 aromatic carbocycles. The highest BCUT2D eigenvalue weighted by Gasteiger charge is 2.35. The maximum Gasteiger partial charge on any atom is 0.264 e. The van der Waals surface area contributed by atoms with Crippen molar-refractivity contribution >= 4 is 50.7 Å². The van der Waals surface area contributed by atoms with Crippen LogP contribution in [0.3, 0.4) is 0 Å². The summed E-state index contributed by atoms with van der Waals surface area (Å²) in [5.74, 6) is -0.909. The van der Waals surface area contributed by atoms with Gasteiger partial charge in [0, 0.05) is 29.1 Å². The average molecular weight is 653 g/mol. The van der Waals surface area contributed by atoms with Crippen LogP contribution in [-0.2, 0) is 32.6 Å². The summed E-state index contributed by atoms with van der Waals surface area (Å²) >= 11 is 12.6. The summed E-state index contributed by atoms with van der Waals surface area (Å²) in [6.45, 7) is 5.14. The van der Waals surface area contributed by atoms with Crippen molar-refractivity contribution in [1.29, 1.82) is 0 Å². The second-order valence-electron chi connectivity index (χ2n) is 10.8. The molecule has 0 aromatic heterocycles. The van der Waals surface area contributed by atoms with E-state index < -0.39 is 28.5 Å². The molecule has 230 valence electrons. The lowest BCUT2D eigenvalue weighted by atomic mass is 10.0. The Morgan fingerprint density at radius 3 is 1.93 bits per heavy atom. The molecule has 2 amide bonds. The number of hydrogen-bond acceptors (Lipinski definition) is 4. The maximum absolute atomic E-state index is 14.4. The van der Waals surface area contributed by atoms with Gasteiger partial charge in [-0.25, -0.2) is 8.42 Å². The average Bonchev–Trinajstić information content (AvgIpc) is 2.98. The molecule has 0 radical (unpaired) electrons. The van der Waals surface area contributed by atoms with E-state index in [1.54, 1.807) is 18.2 Å². The van der Waals surface area contributed by atoms with Crippen LogP contribution in [-0.4, -0.2) is 43.8 Å². The summed E-state index contributed by atoms with van der Waals surface area (Å²) in [6.07, 6.45) is 0.228. The van der Waals surface area contributed by atoms with Gasteiger partial charge in [-0.3, -0.25) is 13.9 Å². The van der Waals surface area contributed by atoms with Crippen molar-refractivity contribution in [2.45, 2.75) is 50.7 Å². The third kappa shape index (κ3) is 8.62. The Bertz CT molecular complexity index is 1660. The van der Waals surface area contributed by atoms with Gasteiger partial charge < -0.3 is 10.2 Å². The Hall–Kier alpha value is -3.85. The SMILES string of the molecule is Cc1ccc(CN(C(=O)CN(c2cc(Cl)cc(Cl)c2)S(=O)(=O)c2ccccc2)[C@H](Cc2ccccc2)C(=O)NC(C)C)cc1. The molecule has 10 heteroatoms. The number of nitrogens with zero attached hydrogens (tertiary/aromatic N) is 2. The van der Waals surface area contributed by atoms with E-state index in [0.29, 0.717) is 0 Å². The van der Waals surface area contributed by atoms with Gasteiger partial charge in [0.15, 0.2) is 0 Å². The molecule has 7 nitrogen and oxygen atoms in total. The van der Waals surface area contributed by atoms with E-state index in [1.807, 2.05) is 75.4 Å². The van der Waals surface area contributed by atoms with Gasteiger partial charge in [-0.05, 0) is 62.2 Å². The van der Waals surface area contributed by atoms with E-state index in [2.05, 4.69) is 5.32 Å². The van der Waals surface area contributed by atoms with Gasteiger partial charge in [0.05, 0.1) is 10.6 Å².